The Morgan fingerprint density at radius 3 is 2.07 bits per heavy atom. The Balaban J connectivity index is 1.43. The number of anilines is 1. The lowest BCUT2D eigenvalue weighted by molar-refractivity contribution is 0.156. The van der Waals surface area contributed by atoms with Crippen molar-refractivity contribution in [2.75, 3.05) is 18.0 Å². The van der Waals surface area contributed by atoms with E-state index in [1.165, 1.54) is 0 Å². The summed E-state index contributed by atoms with van der Waals surface area (Å²) in [7, 11) is -2.94. The summed E-state index contributed by atoms with van der Waals surface area (Å²) in [6.07, 6.45) is -1.48. The minimum absolute atomic E-state index is 0.247. The molecule has 1 aliphatic heterocycles. The molecule has 0 bridgehead atoms. The second kappa shape index (κ2) is 11.1. The second-order valence-electron chi connectivity index (χ2n) is 12.4. The number of aromatic nitrogens is 2. The van der Waals surface area contributed by atoms with Gasteiger partial charge < -0.3 is 24.3 Å². The van der Waals surface area contributed by atoms with Crippen LogP contribution < -0.4 is 20.6 Å². The molecule has 2 aromatic heterocycles. The Morgan fingerprint density at radius 1 is 0.907 bits per heavy atom. The second-order valence-corrected chi connectivity index (χ2v) is 16.6. The quantitative estimate of drug-likeness (QED) is 0.237. The molecule has 0 saturated carbocycles. The van der Waals surface area contributed by atoms with E-state index in [-0.39, 0.29) is 5.04 Å². The van der Waals surface area contributed by atoms with Gasteiger partial charge in [-0.25, -0.2) is 4.79 Å². The number of aryl methyl sites for hydroxylation is 2. The van der Waals surface area contributed by atoms with E-state index in [0.717, 1.165) is 38.7 Å². The smallest absolute Gasteiger partial charge is 0.405 e. The maximum Gasteiger partial charge on any atom is 0.405 e. The summed E-state index contributed by atoms with van der Waals surface area (Å²) >= 11 is 0. The molecule has 3 heterocycles. The van der Waals surface area contributed by atoms with Gasteiger partial charge in [-0.2, -0.15) is 0 Å². The molecule has 43 heavy (non-hydrogen) atoms. The number of carboxylic acid groups (broad SMARTS) is 1. The van der Waals surface area contributed by atoms with Gasteiger partial charge in [0.15, 0.2) is 11.4 Å². The number of fused-ring (bicyclic) bond motifs is 1. The van der Waals surface area contributed by atoms with E-state index in [2.05, 4.69) is 101 Å². The third-order valence-corrected chi connectivity index (χ3v) is 13.7. The zero-order chi connectivity index (χ0) is 30.4. The predicted molar refractivity (Wildman–Crippen MR) is 172 cm³/mol. The van der Waals surface area contributed by atoms with Gasteiger partial charge in [0.2, 0.25) is 0 Å². The largest absolute Gasteiger partial charge is 0.465 e. The molecule has 1 fully saturated rings. The first kappa shape index (κ1) is 28.8. The van der Waals surface area contributed by atoms with Gasteiger partial charge in [-0.1, -0.05) is 92.7 Å². The normalized spacial score (nSPS) is 17.5. The average molecular weight is 595 g/mol. The fraction of sp³-hybridized carbons (Fsp3) is 0.294. The van der Waals surface area contributed by atoms with Gasteiger partial charge >= 0.3 is 6.09 Å². The number of amides is 1. The molecule has 6 rings (SSSR count). The van der Waals surface area contributed by atoms with Gasteiger partial charge in [0.05, 0.1) is 23.2 Å². The van der Waals surface area contributed by atoms with Crippen molar-refractivity contribution in [1.82, 2.24) is 15.0 Å². The van der Waals surface area contributed by atoms with Crippen molar-refractivity contribution in [2.24, 2.45) is 0 Å². The number of nitrogens with one attached hydrogen (secondary N) is 1. The molecule has 9 heteroatoms. The fourth-order valence-electron chi connectivity index (χ4n) is 6.65. The summed E-state index contributed by atoms with van der Waals surface area (Å²) in [6.45, 7) is 11.7. The first-order chi connectivity index (χ1) is 20.6. The number of para-hydroxylation sites is 1. The molecule has 222 valence electrons. The van der Waals surface area contributed by atoms with Gasteiger partial charge in [0.25, 0.3) is 8.32 Å². The van der Waals surface area contributed by atoms with Crippen molar-refractivity contribution in [1.29, 1.82) is 0 Å². The Kier molecular flexibility index (Phi) is 7.39. The van der Waals surface area contributed by atoms with E-state index in [9.17, 15) is 9.90 Å². The molecule has 2 atom stereocenters. The van der Waals surface area contributed by atoms with Crippen LogP contribution in [-0.4, -0.2) is 54.5 Å². The molecule has 1 amide bonds. The summed E-state index contributed by atoms with van der Waals surface area (Å²) in [6, 6.07) is 30.6. The average Bonchev–Trinajstić information content (AvgIpc) is 3.68. The number of nitrogens with zero attached hydrogens (tertiary/aromatic N) is 3. The molecule has 2 N–H and O–H groups in total. The molecular formula is C34H38N4O4Si. The third-order valence-electron chi connectivity index (χ3n) is 8.60. The monoisotopic (exact) mass is 594 g/mol. The minimum Gasteiger partial charge on any atom is -0.465 e. The maximum atomic E-state index is 12.1. The zero-order valence-corrected chi connectivity index (χ0v) is 26.2. The number of carbonyl (C=O) groups is 1. The van der Waals surface area contributed by atoms with Crippen LogP contribution in [0.5, 0.6) is 0 Å². The molecule has 0 spiro atoms. The van der Waals surface area contributed by atoms with Crippen LogP contribution in [0.25, 0.3) is 16.8 Å². The summed E-state index contributed by atoms with van der Waals surface area (Å²) in [5.41, 5.74) is 3.68. The van der Waals surface area contributed by atoms with Crippen molar-refractivity contribution in [3.05, 3.63) is 102 Å². The zero-order valence-electron chi connectivity index (χ0n) is 25.2. The van der Waals surface area contributed by atoms with Gasteiger partial charge in [-0.15, -0.1) is 0 Å². The summed E-state index contributed by atoms with van der Waals surface area (Å²) in [5, 5.41) is 20.1. The molecule has 2 unspecified atom stereocenters. The van der Waals surface area contributed by atoms with E-state index in [4.69, 9.17) is 8.95 Å². The van der Waals surface area contributed by atoms with E-state index in [1.807, 2.05) is 44.2 Å². The lowest BCUT2D eigenvalue weighted by Crippen LogP contribution is -2.69. The highest BCUT2D eigenvalue weighted by atomic mass is 28.4. The number of hydrogen-bond acceptors (Lipinski definition) is 5. The Morgan fingerprint density at radius 2 is 1.51 bits per heavy atom. The van der Waals surface area contributed by atoms with E-state index in [1.54, 1.807) is 0 Å². The van der Waals surface area contributed by atoms with Crippen molar-refractivity contribution in [3.8, 4) is 5.82 Å². The minimum atomic E-state index is -2.94. The van der Waals surface area contributed by atoms with E-state index < -0.39 is 26.6 Å². The molecule has 1 saturated heterocycles. The molecule has 0 aliphatic carbocycles. The highest BCUT2D eigenvalue weighted by Crippen LogP contribution is 2.40. The number of benzene rings is 3. The Labute approximate surface area is 253 Å². The summed E-state index contributed by atoms with van der Waals surface area (Å²) in [4.78, 5) is 14.2. The van der Waals surface area contributed by atoms with Crippen molar-refractivity contribution in [2.45, 2.75) is 51.8 Å². The lowest BCUT2D eigenvalue weighted by Gasteiger charge is -2.45. The first-order valence-electron chi connectivity index (χ1n) is 14.7. The highest BCUT2D eigenvalue weighted by molar-refractivity contribution is 6.99. The van der Waals surface area contributed by atoms with Crippen molar-refractivity contribution in [3.63, 3.8) is 0 Å². The molecular weight excluding hydrogens is 556 g/mol. The van der Waals surface area contributed by atoms with Gasteiger partial charge in [-0.3, -0.25) is 4.57 Å². The van der Waals surface area contributed by atoms with Crippen molar-refractivity contribution < 1.29 is 18.9 Å². The van der Waals surface area contributed by atoms with Crippen LogP contribution >= 0.6 is 0 Å². The van der Waals surface area contributed by atoms with E-state index in [0.29, 0.717) is 18.7 Å². The predicted octanol–water partition coefficient (Wildman–Crippen LogP) is 5.64. The fourth-order valence-corrected chi connectivity index (χ4v) is 11.4. The van der Waals surface area contributed by atoms with Crippen LogP contribution in [0.2, 0.25) is 5.04 Å². The van der Waals surface area contributed by atoms with Crippen LogP contribution in [0.4, 0.5) is 10.5 Å². The SMILES string of the molecule is Cc1ccc(C)n1-c1noc2c(N3CC(NC(=O)O)C(O[Si](c4ccccc4)(c4ccccc4)C(C)(C)C)C3)cccc12. The van der Waals surface area contributed by atoms with Gasteiger partial charge in [0.1, 0.15) is 0 Å². The number of hydrogen-bond donors (Lipinski definition) is 2. The Hall–Kier alpha value is -4.34. The molecule has 5 aromatic rings. The highest BCUT2D eigenvalue weighted by Gasteiger charge is 2.53. The summed E-state index contributed by atoms with van der Waals surface area (Å²) in [5.74, 6) is 0.747. The van der Waals surface area contributed by atoms with Crippen LogP contribution in [0.15, 0.2) is 95.5 Å². The number of rotatable bonds is 7. The molecule has 0 radical (unpaired) electrons. The lowest BCUT2D eigenvalue weighted by atomic mass is 10.2. The standard InChI is InChI=1S/C34H38N4O4Si/c1-23-19-20-24(2)38(23)32-27-17-12-18-29(31(27)41-36-32)37-21-28(35-33(39)40)30(22-37)42-43(34(3,4)5,25-13-8-6-9-14-25)26-15-10-7-11-16-26/h6-20,28,30,35H,21-22H2,1-5H3,(H,39,40). The molecule has 1 aliphatic rings. The first-order valence-corrected chi connectivity index (χ1v) is 16.6. The van der Waals surface area contributed by atoms with Gasteiger partial charge in [-0.05, 0) is 53.5 Å². The van der Waals surface area contributed by atoms with Crippen LogP contribution in [0, 0.1) is 13.8 Å². The topological polar surface area (TPSA) is 92.8 Å². The van der Waals surface area contributed by atoms with Crippen LogP contribution in [0.1, 0.15) is 32.2 Å². The van der Waals surface area contributed by atoms with Crippen molar-refractivity contribution >= 4 is 41.4 Å². The molecule has 8 nitrogen and oxygen atoms in total. The van der Waals surface area contributed by atoms with E-state index >= 15 is 0 Å². The summed E-state index contributed by atoms with van der Waals surface area (Å²) < 4.78 is 15.5. The third kappa shape index (κ3) is 5.02. The van der Waals surface area contributed by atoms with Crippen LogP contribution in [0.3, 0.4) is 0 Å². The van der Waals surface area contributed by atoms with Crippen LogP contribution in [-0.2, 0) is 4.43 Å². The van der Waals surface area contributed by atoms with Gasteiger partial charge in [0, 0.05) is 24.5 Å². The Bertz CT molecular complexity index is 1680. The maximum absolute atomic E-state index is 12.1. The molecule has 3 aromatic carbocycles.